The lowest BCUT2D eigenvalue weighted by Crippen LogP contribution is -2.61. The average molecular weight is 1020 g/mol. The summed E-state index contributed by atoms with van der Waals surface area (Å²) in [6.07, 6.45) is 41.8. The zero-order valence-electron chi connectivity index (χ0n) is 43.9. The average Bonchev–Trinajstić information content (AvgIpc) is 3.38. The van der Waals surface area contributed by atoms with Crippen molar-refractivity contribution in [3.05, 3.63) is 97.2 Å². The van der Waals surface area contributed by atoms with Crippen LogP contribution in [0.3, 0.4) is 0 Å². The Kier molecular flexibility index (Phi) is 39.9. The quantitative estimate of drug-likeness (QED) is 0.0173. The number of esters is 1. The van der Waals surface area contributed by atoms with Gasteiger partial charge in [-0.2, -0.15) is 0 Å². The first kappa shape index (κ1) is 65.0. The van der Waals surface area contributed by atoms with Gasteiger partial charge in [0, 0.05) is 13.0 Å². The first-order chi connectivity index (χ1) is 35.1. The van der Waals surface area contributed by atoms with Crippen LogP contribution in [0.5, 0.6) is 0 Å². The molecule has 0 aromatic rings. The molecule has 0 aromatic heterocycles. The Morgan fingerprint density at radius 3 is 1.43 bits per heavy atom. The Balaban J connectivity index is 1.75. The van der Waals surface area contributed by atoms with Crippen molar-refractivity contribution < 1.29 is 69.0 Å². The third kappa shape index (κ3) is 30.9. The van der Waals surface area contributed by atoms with E-state index in [0.29, 0.717) is 13.0 Å². The van der Waals surface area contributed by atoms with Gasteiger partial charge in [-0.05, 0) is 96.3 Å². The van der Waals surface area contributed by atoms with Gasteiger partial charge in [0.15, 0.2) is 12.6 Å². The number of hydrogen-bond acceptors (Lipinski definition) is 14. The van der Waals surface area contributed by atoms with E-state index in [2.05, 4.69) is 111 Å². The van der Waals surface area contributed by atoms with E-state index in [4.69, 9.17) is 28.4 Å². The van der Waals surface area contributed by atoms with Gasteiger partial charge in [-0.15, -0.1) is 0 Å². The molecule has 2 saturated heterocycles. The summed E-state index contributed by atoms with van der Waals surface area (Å²) >= 11 is 0. The molecule has 0 saturated carbocycles. The second-order valence-corrected chi connectivity index (χ2v) is 18.7. The van der Waals surface area contributed by atoms with Crippen LogP contribution in [0.4, 0.5) is 0 Å². The Hall–Kier alpha value is -3.09. The van der Waals surface area contributed by atoms with Gasteiger partial charge in [0.1, 0.15) is 54.9 Å². The standard InChI is InChI=1S/C58H96O14/c1-3-5-7-9-11-13-15-17-18-19-20-21-22-23-24-25-26-27-28-29-31-33-35-37-39-41-50(60)70-47(44-67-42-40-38-36-34-32-30-16-14-12-10-8-6-4-2)45-68-57-56(66)54(64)52(62)49(72-57)46-69-58-55(65)53(63)51(61)48(43-59)71-58/h5,7,11-14,17-18,20-21,23-24,26-27,29,31,47-49,51-59,61-66H,3-4,6,8-10,15-16,19,22,25,28,30,32-46H2,1-2H3/b7-5-,13-11-,14-12-,18-17-,21-20-,24-23-,27-26-,31-29-. The van der Waals surface area contributed by atoms with Gasteiger partial charge >= 0.3 is 5.97 Å². The minimum Gasteiger partial charge on any atom is -0.457 e. The molecule has 2 heterocycles. The molecule has 0 amide bonds. The number of hydrogen-bond donors (Lipinski definition) is 7. The van der Waals surface area contributed by atoms with Crippen LogP contribution < -0.4 is 0 Å². The molecule has 2 aliphatic heterocycles. The predicted molar refractivity (Wildman–Crippen MR) is 284 cm³/mol. The number of allylic oxidation sites excluding steroid dienone is 16. The van der Waals surface area contributed by atoms with E-state index in [1.165, 1.54) is 38.5 Å². The van der Waals surface area contributed by atoms with Crippen LogP contribution in [-0.4, -0.2) is 142 Å². The summed E-state index contributed by atoms with van der Waals surface area (Å²) in [6, 6.07) is 0. The summed E-state index contributed by atoms with van der Waals surface area (Å²) < 4.78 is 34.2. The van der Waals surface area contributed by atoms with E-state index in [0.717, 1.165) is 96.3 Å². The Labute approximate surface area is 432 Å². The first-order valence-electron chi connectivity index (χ1n) is 27.3. The molecule has 11 atom stereocenters. The number of aliphatic hydroxyl groups excluding tert-OH is 7. The number of unbranched alkanes of at least 4 members (excludes halogenated alkanes) is 12. The van der Waals surface area contributed by atoms with Gasteiger partial charge in [-0.1, -0.05) is 156 Å². The van der Waals surface area contributed by atoms with Crippen molar-refractivity contribution in [3.8, 4) is 0 Å². The van der Waals surface area contributed by atoms with Crippen LogP contribution in [0.15, 0.2) is 97.2 Å². The van der Waals surface area contributed by atoms with Crippen LogP contribution in [0.25, 0.3) is 0 Å². The van der Waals surface area contributed by atoms with Crippen molar-refractivity contribution in [2.24, 2.45) is 0 Å². The minimum absolute atomic E-state index is 0.0372. The monoisotopic (exact) mass is 1020 g/mol. The maximum Gasteiger partial charge on any atom is 0.306 e. The maximum absolute atomic E-state index is 13.0. The topological polar surface area (TPSA) is 214 Å². The smallest absolute Gasteiger partial charge is 0.306 e. The number of carbonyl (C=O) groups excluding carboxylic acids is 1. The molecule has 2 fully saturated rings. The fourth-order valence-electron chi connectivity index (χ4n) is 7.90. The normalized spacial score (nSPS) is 25.9. The van der Waals surface area contributed by atoms with E-state index in [1.807, 2.05) is 0 Å². The Bertz CT molecular complexity index is 1550. The van der Waals surface area contributed by atoms with E-state index < -0.39 is 86.7 Å². The van der Waals surface area contributed by atoms with Crippen LogP contribution >= 0.6 is 0 Å². The van der Waals surface area contributed by atoms with Crippen molar-refractivity contribution in [3.63, 3.8) is 0 Å². The third-order valence-corrected chi connectivity index (χ3v) is 12.3. The third-order valence-electron chi connectivity index (χ3n) is 12.3. The summed E-state index contributed by atoms with van der Waals surface area (Å²) in [7, 11) is 0. The number of carbonyl (C=O) groups is 1. The SMILES string of the molecule is CC/C=C\C/C=C\C/C=C\C/C=C\C/C=C\C/C=C\C/C=C\CCCCCC(=O)OC(COCCCCCCCC/C=C\CCCCC)COC1OC(COC2OC(CO)C(O)C(O)C2O)C(O)C(O)C1O. The van der Waals surface area contributed by atoms with E-state index in [1.54, 1.807) is 0 Å². The fraction of sp³-hybridized carbons (Fsp3) is 0.707. The first-order valence-corrected chi connectivity index (χ1v) is 27.3. The molecule has 14 nitrogen and oxygen atoms in total. The molecule has 7 N–H and O–H groups in total. The Morgan fingerprint density at radius 2 is 0.903 bits per heavy atom. The molecule has 14 heteroatoms. The highest BCUT2D eigenvalue weighted by molar-refractivity contribution is 5.69. The van der Waals surface area contributed by atoms with Crippen LogP contribution in [0.1, 0.15) is 162 Å². The van der Waals surface area contributed by atoms with Gasteiger partial charge in [0.25, 0.3) is 0 Å². The number of aliphatic hydroxyl groups is 7. The molecule has 0 aliphatic carbocycles. The highest BCUT2D eigenvalue weighted by Crippen LogP contribution is 2.26. The summed E-state index contributed by atoms with van der Waals surface area (Å²) in [5, 5.41) is 72.2. The fourth-order valence-corrected chi connectivity index (χ4v) is 7.90. The molecular weight excluding hydrogens is 921 g/mol. The van der Waals surface area contributed by atoms with E-state index in [-0.39, 0.29) is 19.6 Å². The van der Waals surface area contributed by atoms with Crippen LogP contribution in [-0.2, 0) is 33.2 Å². The largest absolute Gasteiger partial charge is 0.457 e. The van der Waals surface area contributed by atoms with Crippen molar-refractivity contribution >= 4 is 5.97 Å². The molecule has 0 aromatic carbocycles. The van der Waals surface area contributed by atoms with Crippen molar-refractivity contribution in [2.75, 3.05) is 33.0 Å². The van der Waals surface area contributed by atoms with Gasteiger partial charge < -0.3 is 64.2 Å². The summed E-state index contributed by atoms with van der Waals surface area (Å²) in [6.45, 7) is 3.47. The molecular formula is C58H96O14. The molecule has 11 unspecified atom stereocenters. The van der Waals surface area contributed by atoms with Gasteiger partial charge in [0.2, 0.25) is 0 Å². The lowest BCUT2D eigenvalue weighted by Gasteiger charge is -2.42. The molecule has 0 radical (unpaired) electrons. The highest BCUT2D eigenvalue weighted by atomic mass is 16.7. The molecule has 0 bridgehead atoms. The van der Waals surface area contributed by atoms with Crippen LogP contribution in [0, 0.1) is 0 Å². The van der Waals surface area contributed by atoms with Crippen molar-refractivity contribution in [2.45, 2.75) is 229 Å². The number of ether oxygens (including phenoxy) is 6. The molecule has 0 spiro atoms. The van der Waals surface area contributed by atoms with Crippen LogP contribution in [0.2, 0.25) is 0 Å². The predicted octanol–water partition coefficient (Wildman–Crippen LogP) is 9.02. The number of rotatable bonds is 42. The lowest BCUT2D eigenvalue weighted by molar-refractivity contribution is -0.332. The Morgan fingerprint density at radius 1 is 0.472 bits per heavy atom. The maximum atomic E-state index is 13.0. The lowest BCUT2D eigenvalue weighted by atomic mass is 9.98. The molecule has 2 rings (SSSR count). The van der Waals surface area contributed by atoms with Gasteiger partial charge in [0.05, 0.1) is 26.4 Å². The zero-order valence-corrected chi connectivity index (χ0v) is 43.9. The summed E-state index contributed by atoms with van der Waals surface area (Å²) in [5.41, 5.74) is 0. The van der Waals surface area contributed by atoms with Gasteiger partial charge in [-0.25, -0.2) is 0 Å². The molecule has 2 aliphatic rings. The molecule has 412 valence electrons. The van der Waals surface area contributed by atoms with E-state index >= 15 is 0 Å². The van der Waals surface area contributed by atoms with E-state index in [9.17, 15) is 40.5 Å². The second-order valence-electron chi connectivity index (χ2n) is 18.7. The van der Waals surface area contributed by atoms with Gasteiger partial charge in [-0.3, -0.25) is 4.79 Å². The second kappa shape index (κ2) is 44.2. The van der Waals surface area contributed by atoms with Crippen molar-refractivity contribution in [1.29, 1.82) is 0 Å². The zero-order chi connectivity index (χ0) is 52.3. The summed E-state index contributed by atoms with van der Waals surface area (Å²) in [5.74, 6) is -0.414. The summed E-state index contributed by atoms with van der Waals surface area (Å²) in [4.78, 5) is 13.0. The molecule has 72 heavy (non-hydrogen) atoms. The minimum atomic E-state index is -1.72. The van der Waals surface area contributed by atoms with Crippen molar-refractivity contribution in [1.82, 2.24) is 0 Å². The highest BCUT2D eigenvalue weighted by Gasteiger charge is 2.47.